The molecule has 1 amide bonds. The lowest BCUT2D eigenvalue weighted by Crippen LogP contribution is -2.35. The maximum atomic E-state index is 12.0. The van der Waals surface area contributed by atoms with E-state index in [0.29, 0.717) is 12.1 Å². The molecule has 0 saturated heterocycles. The third kappa shape index (κ3) is 5.23. The molecule has 0 spiro atoms. The Bertz CT molecular complexity index is 610. The van der Waals surface area contributed by atoms with E-state index >= 15 is 0 Å². The zero-order valence-electron chi connectivity index (χ0n) is 12.0. The molecule has 1 unspecified atom stereocenters. The summed E-state index contributed by atoms with van der Waals surface area (Å²) in [7, 11) is 0. The first kappa shape index (κ1) is 15.6. The highest BCUT2D eigenvalue weighted by atomic mass is 79.9. The molecule has 2 aromatic carbocycles. The monoisotopic (exact) mass is 346 g/mol. The van der Waals surface area contributed by atoms with Gasteiger partial charge in [0, 0.05) is 16.2 Å². The van der Waals surface area contributed by atoms with Crippen LogP contribution in [0.1, 0.15) is 18.1 Å². The molecule has 0 saturated carbocycles. The van der Waals surface area contributed by atoms with Crippen molar-refractivity contribution in [3.05, 3.63) is 64.1 Å². The van der Waals surface area contributed by atoms with Gasteiger partial charge in [0.1, 0.15) is 0 Å². The maximum absolute atomic E-state index is 12.0. The number of anilines is 1. The van der Waals surface area contributed by atoms with Crippen molar-refractivity contribution in [2.24, 2.45) is 0 Å². The average Bonchev–Trinajstić information content (AvgIpc) is 2.41. The van der Waals surface area contributed by atoms with Crippen molar-refractivity contribution in [3.63, 3.8) is 0 Å². The van der Waals surface area contributed by atoms with Crippen molar-refractivity contribution in [3.8, 4) is 0 Å². The second-order valence-corrected chi connectivity index (χ2v) is 6.14. The van der Waals surface area contributed by atoms with Gasteiger partial charge >= 0.3 is 0 Å². The zero-order valence-corrected chi connectivity index (χ0v) is 13.6. The van der Waals surface area contributed by atoms with Crippen LogP contribution in [0.3, 0.4) is 0 Å². The summed E-state index contributed by atoms with van der Waals surface area (Å²) in [6, 6.07) is 15.7. The van der Waals surface area contributed by atoms with Crippen molar-refractivity contribution >= 4 is 27.5 Å². The van der Waals surface area contributed by atoms with Gasteiger partial charge in [-0.3, -0.25) is 4.79 Å². The van der Waals surface area contributed by atoms with E-state index in [9.17, 15) is 4.79 Å². The molecule has 1 atom stereocenters. The second-order valence-electron chi connectivity index (χ2n) is 5.22. The fraction of sp³-hybridized carbons (Fsp3) is 0.235. The van der Waals surface area contributed by atoms with Gasteiger partial charge in [0.25, 0.3) is 0 Å². The number of carbonyl (C=O) groups excluding carboxylic acids is 1. The lowest BCUT2D eigenvalue weighted by atomic mass is 10.1. The minimum absolute atomic E-state index is 0.0187. The van der Waals surface area contributed by atoms with Crippen molar-refractivity contribution in [2.45, 2.75) is 25.8 Å². The number of nitrogens with two attached hydrogens (primary N) is 1. The molecule has 0 aliphatic heterocycles. The highest BCUT2D eigenvalue weighted by Crippen LogP contribution is 2.12. The molecule has 4 heteroatoms. The number of rotatable bonds is 5. The quantitative estimate of drug-likeness (QED) is 0.816. The first-order chi connectivity index (χ1) is 10.0. The normalized spacial score (nSPS) is 11.9. The summed E-state index contributed by atoms with van der Waals surface area (Å²) in [5.41, 5.74) is 8.54. The first-order valence-electron chi connectivity index (χ1n) is 6.91. The Hall–Kier alpha value is -1.81. The molecule has 0 bridgehead atoms. The predicted molar refractivity (Wildman–Crippen MR) is 90.0 cm³/mol. The molecule has 0 heterocycles. The summed E-state index contributed by atoms with van der Waals surface area (Å²) in [5.74, 6) is 0.0187. The highest BCUT2D eigenvalue weighted by Gasteiger charge is 2.09. The van der Waals surface area contributed by atoms with E-state index in [0.717, 1.165) is 16.5 Å². The number of halogens is 1. The van der Waals surface area contributed by atoms with Gasteiger partial charge in [-0.1, -0.05) is 40.2 Å². The van der Waals surface area contributed by atoms with Crippen LogP contribution in [0.15, 0.2) is 53.0 Å². The summed E-state index contributed by atoms with van der Waals surface area (Å²) < 4.78 is 1.06. The molecular formula is C17H19BrN2O. The Labute approximate surface area is 133 Å². The lowest BCUT2D eigenvalue weighted by molar-refractivity contribution is -0.121. The number of carbonyl (C=O) groups is 1. The van der Waals surface area contributed by atoms with E-state index in [2.05, 4.69) is 33.4 Å². The van der Waals surface area contributed by atoms with Crippen LogP contribution in [-0.2, 0) is 17.6 Å². The third-order valence-electron chi connectivity index (χ3n) is 3.18. The predicted octanol–water partition coefficient (Wildman–Crippen LogP) is 3.32. The van der Waals surface area contributed by atoms with Gasteiger partial charge in [0.05, 0.1) is 6.42 Å². The molecule has 3 N–H and O–H groups in total. The van der Waals surface area contributed by atoms with E-state index in [1.54, 1.807) is 0 Å². The number of benzene rings is 2. The summed E-state index contributed by atoms with van der Waals surface area (Å²) in [4.78, 5) is 12.0. The van der Waals surface area contributed by atoms with Gasteiger partial charge in [-0.25, -0.2) is 0 Å². The summed E-state index contributed by atoms with van der Waals surface area (Å²) in [6.45, 7) is 2.01. The van der Waals surface area contributed by atoms with Gasteiger partial charge in [-0.15, -0.1) is 0 Å². The molecule has 0 aromatic heterocycles. The topological polar surface area (TPSA) is 55.1 Å². The van der Waals surface area contributed by atoms with Crippen LogP contribution in [0.5, 0.6) is 0 Å². The molecule has 2 rings (SSSR count). The zero-order chi connectivity index (χ0) is 15.2. The van der Waals surface area contributed by atoms with Crippen LogP contribution in [-0.4, -0.2) is 11.9 Å². The SMILES string of the molecule is CC(Cc1ccc(Br)cc1)NC(=O)Cc1cccc(N)c1. The largest absolute Gasteiger partial charge is 0.399 e. The van der Waals surface area contributed by atoms with Crippen LogP contribution in [0.4, 0.5) is 5.69 Å². The van der Waals surface area contributed by atoms with E-state index in [-0.39, 0.29) is 11.9 Å². The molecule has 2 aromatic rings. The Morgan fingerprint density at radius 3 is 2.57 bits per heavy atom. The van der Waals surface area contributed by atoms with Crippen LogP contribution in [0, 0.1) is 0 Å². The molecule has 0 aliphatic carbocycles. The minimum atomic E-state index is 0.0187. The van der Waals surface area contributed by atoms with E-state index in [1.807, 2.05) is 43.3 Å². The van der Waals surface area contributed by atoms with Crippen LogP contribution < -0.4 is 11.1 Å². The van der Waals surface area contributed by atoms with Crippen LogP contribution in [0.25, 0.3) is 0 Å². The van der Waals surface area contributed by atoms with Gasteiger partial charge in [-0.05, 0) is 48.7 Å². The number of nitrogens with one attached hydrogen (secondary N) is 1. The van der Waals surface area contributed by atoms with E-state index in [4.69, 9.17) is 5.73 Å². The molecule has 3 nitrogen and oxygen atoms in total. The fourth-order valence-corrected chi connectivity index (χ4v) is 2.50. The highest BCUT2D eigenvalue weighted by molar-refractivity contribution is 9.10. The van der Waals surface area contributed by atoms with E-state index < -0.39 is 0 Å². The number of nitrogen functional groups attached to an aromatic ring is 1. The summed E-state index contributed by atoms with van der Waals surface area (Å²) >= 11 is 3.41. The fourth-order valence-electron chi connectivity index (χ4n) is 2.24. The molecule has 21 heavy (non-hydrogen) atoms. The number of hydrogen-bond donors (Lipinski definition) is 2. The Kier molecular flexibility index (Phi) is 5.39. The van der Waals surface area contributed by atoms with Crippen LogP contribution in [0.2, 0.25) is 0 Å². The maximum Gasteiger partial charge on any atom is 0.224 e. The Morgan fingerprint density at radius 1 is 1.19 bits per heavy atom. The summed E-state index contributed by atoms with van der Waals surface area (Å²) in [5, 5.41) is 3.02. The Morgan fingerprint density at radius 2 is 1.90 bits per heavy atom. The molecule has 0 aliphatic rings. The smallest absolute Gasteiger partial charge is 0.224 e. The second kappa shape index (κ2) is 7.27. The van der Waals surface area contributed by atoms with E-state index in [1.165, 1.54) is 5.56 Å². The lowest BCUT2D eigenvalue weighted by Gasteiger charge is -2.14. The Balaban J connectivity index is 1.86. The van der Waals surface area contributed by atoms with Gasteiger partial charge in [-0.2, -0.15) is 0 Å². The molecule has 0 radical (unpaired) electrons. The minimum Gasteiger partial charge on any atom is -0.399 e. The van der Waals surface area contributed by atoms with Gasteiger partial charge in [0.2, 0.25) is 5.91 Å². The van der Waals surface area contributed by atoms with Crippen molar-refractivity contribution in [1.29, 1.82) is 0 Å². The number of amides is 1. The molecule has 110 valence electrons. The third-order valence-corrected chi connectivity index (χ3v) is 3.71. The van der Waals surface area contributed by atoms with Gasteiger partial charge < -0.3 is 11.1 Å². The standard InChI is InChI=1S/C17H19BrN2O/c1-12(9-13-5-7-15(18)8-6-13)20-17(21)11-14-3-2-4-16(19)10-14/h2-8,10,12H,9,11,19H2,1H3,(H,20,21). The number of hydrogen-bond acceptors (Lipinski definition) is 2. The van der Waals surface area contributed by atoms with Gasteiger partial charge in [0.15, 0.2) is 0 Å². The summed E-state index contributed by atoms with van der Waals surface area (Å²) in [6.07, 6.45) is 1.17. The first-order valence-corrected chi connectivity index (χ1v) is 7.70. The van der Waals surface area contributed by atoms with Crippen molar-refractivity contribution in [2.75, 3.05) is 5.73 Å². The van der Waals surface area contributed by atoms with Crippen molar-refractivity contribution < 1.29 is 4.79 Å². The average molecular weight is 347 g/mol. The van der Waals surface area contributed by atoms with Crippen molar-refractivity contribution in [1.82, 2.24) is 5.32 Å². The molecule has 0 fully saturated rings. The van der Waals surface area contributed by atoms with Crippen LogP contribution >= 0.6 is 15.9 Å². The molecular weight excluding hydrogens is 328 g/mol.